The minimum absolute atomic E-state index is 0.0278. The van der Waals surface area contributed by atoms with E-state index in [0.29, 0.717) is 12.1 Å². The third kappa shape index (κ3) is 4.66. The summed E-state index contributed by atoms with van der Waals surface area (Å²) in [5.41, 5.74) is -2.10. The Kier molecular flexibility index (Phi) is 8.44. The molecule has 0 saturated carbocycles. The van der Waals surface area contributed by atoms with E-state index in [-0.39, 0.29) is 18.8 Å². The highest BCUT2D eigenvalue weighted by Gasteiger charge is 2.52. The maximum absolute atomic E-state index is 12.9. The molecule has 0 amide bonds. The van der Waals surface area contributed by atoms with Gasteiger partial charge in [-0.3, -0.25) is 4.57 Å². The van der Waals surface area contributed by atoms with Gasteiger partial charge in [0.15, 0.2) is 0 Å². The van der Waals surface area contributed by atoms with Crippen LogP contribution in [-0.4, -0.2) is 33.0 Å². The van der Waals surface area contributed by atoms with Crippen LogP contribution in [0, 0.1) is 0 Å². The molecule has 0 bridgehead atoms. The predicted molar refractivity (Wildman–Crippen MR) is 84.5 cm³/mol. The second-order valence-electron chi connectivity index (χ2n) is 4.97. The van der Waals surface area contributed by atoms with E-state index in [9.17, 15) is 14.2 Å². The van der Waals surface area contributed by atoms with E-state index in [4.69, 9.17) is 13.7 Å². The van der Waals surface area contributed by atoms with E-state index >= 15 is 0 Å². The van der Waals surface area contributed by atoms with E-state index in [1.54, 1.807) is 13.8 Å². The summed E-state index contributed by atoms with van der Waals surface area (Å²) in [6.07, 6.45) is 0. The van der Waals surface area contributed by atoms with Gasteiger partial charge in [-0.25, -0.2) is 9.59 Å². The van der Waals surface area contributed by atoms with Gasteiger partial charge in [0.1, 0.15) is 0 Å². The van der Waals surface area contributed by atoms with Gasteiger partial charge in [-0.2, -0.15) is 0 Å². The number of carbonyl (C=O) groups excluding carboxylic acids is 2. The molecular formula is C13H27O6PSi. The third-order valence-electron chi connectivity index (χ3n) is 3.58. The maximum Gasteiger partial charge on any atom is 0.404 e. The number of rotatable bonds is 9. The van der Waals surface area contributed by atoms with Crippen molar-refractivity contribution in [3.05, 3.63) is 0 Å². The largest absolute Gasteiger partial charge is 0.458 e. The van der Waals surface area contributed by atoms with Crippen molar-refractivity contribution in [1.29, 1.82) is 0 Å². The summed E-state index contributed by atoms with van der Waals surface area (Å²) in [5, 5.41) is 0. The molecule has 0 aromatic heterocycles. The summed E-state index contributed by atoms with van der Waals surface area (Å²) in [4.78, 5) is 24.0. The molecular weight excluding hydrogens is 311 g/mol. The van der Waals surface area contributed by atoms with Gasteiger partial charge in [-0.1, -0.05) is 27.7 Å². The summed E-state index contributed by atoms with van der Waals surface area (Å²) >= 11 is 0. The molecule has 0 atom stereocenters. The van der Waals surface area contributed by atoms with Gasteiger partial charge in [0, 0.05) is 0 Å². The number of carbonyl (C=O) groups is 2. The van der Waals surface area contributed by atoms with Crippen molar-refractivity contribution in [1.82, 2.24) is 0 Å². The summed E-state index contributed by atoms with van der Waals surface area (Å²) in [6, 6.07) is 1.31. The molecule has 0 N–H and O–H groups in total. The molecule has 0 heterocycles. The van der Waals surface area contributed by atoms with Gasteiger partial charge < -0.3 is 13.7 Å². The maximum atomic E-state index is 12.9. The standard InChI is InChI=1S/C13H27O6PSi/c1-7-17-12(14)20(16,13(15)18-8-2)19-21(9-3,10-4)11(5)6/h11H,7-10H2,1-6H3. The Balaban J connectivity index is 5.66. The van der Waals surface area contributed by atoms with Crippen molar-refractivity contribution >= 4 is 27.1 Å². The first kappa shape index (κ1) is 20.3. The highest BCUT2D eigenvalue weighted by molar-refractivity contribution is 7.90. The first-order valence-corrected chi connectivity index (χ1v) is 11.4. The molecule has 0 aliphatic heterocycles. The van der Waals surface area contributed by atoms with Crippen LogP contribution in [0.15, 0.2) is 0 Å². The zero-order valence-electron chi connectivity index (χ0n) is 13.8. The molecule has 0 aromatic rings. The molecule has 6 nitrogen and oxygen atoms in total. The molecule has 0 aliphatic rings. The van der Waals surface area contributed by atoms with Crippen LogP contribution in [-0.2, 0) is 18.3 Å². The average molecular weight is 338 g/mol. The molecule has 0 unspecified atom stereocenters. The average Bonchev–Trinajstić information content (AvgIpc) is 2.44. The predicted octanol–water partition coefficient (Wildman–Crippen LogP) is 4.99. The molecule has 124 valence electrons. The molecule has 0 saturated heterocycles. The van der Waals surface area contributed by atoms with E-state index in [2.05, 4.69) is 0 Å². The molecule has 0 aromatic carbocycles. The van der Waals surface area contributed by atoms with E-state index in [1.807, 2.05) is 27.7 Å². The van der Waals surface area contributed by atoms with Crippen molar-refractivity contribution < 1.29 is 27.8 Å². The topological polar surface area (TPSA) is 78.9 Å². The molecule has 0 rings (SSSR count). The second-order valence-corrected chi connectivity index (χ2v) is 12.2. The van der Waals surface area contributed by atoms with Crippen molar-refractivity contribution in [3.8, 4) is 0 Å². The van der Waals surface area contributed by atoms with E-state index in [0.717, 1.165) is 0 Å². The van der Waals surface area contributed by atoms with Crippen LogP contribution in [0.1, 0.15) is 41.5 Å². The Bertz CT molecular complexity index is 383. The lowest BCUT2D eigenvalue weighted by molar-refractivity contribution is 0.164. The Morgan fingerprint density at radius 1 is 0.952 bits per heavy atom. The lowest BCUT2D eigenvalue weighted by Gasteiger charge is -2.34. The first-order valence-electron chi connectivity index (χ1n) is 7.39. The fourth-order valence-corrected chi connectivity index (χ4v) is 9.52. The van der Waals surface area contributed by atoms with Crippen LogP contribution in [0.3, 0.4) is 0 Å². The Hall–Kier alpha value is -0.653. The first-order chi connectivity index (χ1) is 9.73. The van der Waals surface area contributed by atoms with Crippen molar-refractivity contribution in [2.45, 2.75) is 59.2 Å². The molecule has 0 spiro atoms. The molecule has 8 heteroatoms. The van der Waals surface area contributed by atoms with Crippen LogP contribution in [0.25, 0.3) is 0 Å². The number of ether oxygens (including phenoxy) is 2. The Labute approximate surface area is 128 Å². The van der Waals surface area contributed by atoms with Gasteiger partial charge in [0.2, 0.25) is 8.32 Å². The summed E-state index contributed by atoms with van der Waals surface area (Å²) in [7, 11) is -6.81. The summed E-state index contributed by atoms with van der Waals surface area (Å²) < 4.78 is 28.2. The third-order valence-corrected chi connectivity index (χ3v) is 11.8. The van der Waals surface area contributed by atoms with Crippen LogP contribution in [0.2, 0.25) is 17.6 Å². The lowest BCUT2D eigenvalue weighted by atomic mass is 10.6. The van der Waals surface area contributed by atoms with E-state index in [1.165, 1.54) is 0 Å². The fourth-order valence-electron chi connectivity index (χ4n) is 2.12. The van der Waals surface area contributed by atoms with Crippen LogP contribution in [0.4, 0.5) is 9.59 Å². The lowest BCUT2D eigenvalue weighted by Crippen LogP contribution is -2.40. The second kappa shape index (κ2) is 8.71. The van der Waals surface area contributed by atoms with Crippen LogP contribution >= 0.6 is 7.37 Å². The normalized spacial score (nSPS) is 12.3. The van der Waals surface area contributed by atoms with Crippen molar-refractivity contribution in [2.24, 2.45) is 0 Å². The van der Waals surface area contributed by atoms with Gasteiger partial charge in [0.25, 0.3) is 0 Å². The van der Waals surface area contributed by atoms with Gasteiger partial charge in [-0.15, -0.1) is 0 Å². The van der Waals surface area contributed by atoms with Gasteiger partial charge >= 0.3 is 18.8 Å². The van der Waals surface area contributed by atoms with Crippen LogP contribution in [0.5, 0.6) is 0 Å². The number of hydrogen-bond donors (Lipinski definition) is 0. The quantitative estimate of drug-likeness (QED) is 0.435. The smallest absolute Gasteiger partial charge is 0.404 e. The van der Waals surface area contributed by atoms with E-state index < -0.39 is 27.1 Å². The molecule has 21 heavy (non-hydrogen) atoms. The SMILES string of the molecule is CCOC(=O)P(=O)(O[Si](CC)(CC)C(C)C)C(=O)OCC. The summed E-state index contributed by atoms with van der Waals surface area (Å²) in [5.74, 6) is 0. The molecule has 0 aliphatic carbocycles. The highest BCUT2D eigenvalue weighted by atomic mass is 31.2. The van der Waals surface area contributed by atoms with Gasteiger partial charge in [-0.05, 0) is 31.5 Å². The molecule has 0 radical (unpaired) electrons. The zero-order chi connectivity index (χ0) is 16.7. The summed E-state index contributed by atoms with van der Waals surface area (Å²) in [6.45, 7) is 11.0. The monoisotopic (exact) mass is 338 g/mol. The van der Waals surface area contributed by atoms with Gasteiger partial charge in [0.05, 0.1) is 13.2 Å². The minimum Gasteiger partial charge on any atom is -0.458 e. The zero-order valence-corrected chi connectivity index (χ0v) is 15.7. The van der Waals surface area contributed by atoms with Crippen molar-refractivity contribution in [3.63, 3.8) is 0 Å². The minimum atomic E-state index is -4.30. The Morgan fingerprint density at radius 2 is 1.33 bits per heavy atom. The Morgan fingerprint density at radius 3 is 1.57 bits per heavy atom. The highest BCUT2D eigenvalue weighted by Crippen LogP contribution is 2.56. The van der Waals surface area contributed by atoms with Crippen molar-refractivity contribution in [2.75, 3.05) is 13.2 Å². The molecule has 0 fully saturated rings. The number of hydrogen-bond acceptors (Lipinski definition) is 6. The fraction of sp³-hybridized carbons (Fsp3) is 0.846. The van der Waals surface area contributed by atoms with Crippen LogP contribution < -0.4 is 0 Å².